The van der Waals surface area contributed by atoms with Crippen LogP contribution in [-0.2, 0) is 4.74 Å². The van der Waals surface area contributed by atoms with Crippen LogP contribution in [0.3, 0.4) is 0 Å². The molecule has 0 bridgehead atoms. The third-order valence-corrected chi connectivity index (χ3v) is 2.48. The van der Waals surface area contributed by atoms with Crippen LogP contribution in [-0.4, -0.2) is 37.2 Å². The van der Waals surface area contributed by atoms with Gasteiger partial charge < -0.3 is 20.8 Å². The zero-order valence-electron chi connectivity index (χ0n) is 10.7. The third kappa shape index (κ3) is 4.31. The van der Waals surface area contributed by atoms with Crippen molar-refractivity contribution < 1.29 is 9.53 Å². The Hall–Kier alpha value is -1.66. The Labute approximate surface area is 106 Å². The molecule has 1 heterocycles. The van der Waals surface area contributed by atoms with Crippen LogP contribution in [0.2, 0.25) is 0 Å². The summed E-state index contributed by atoms with van der Waals surface area (Å²) in [5.41, 5.74) is 6.26. The van der Waals surface area contributed by atoms with Gasteiger partial charge >= 0.3 is 0 Å². The van der Waals surface area contributed by atoms with Crippen LogP contribution in [0.1, 0.15) is 22.5 Å². The molecule has 18 heavy (non-hydrogen) atoms. The molecule has 0 aliphatic heterocycles. The number of aromatic amines is 1. The summed E-state index contributed by atoms with van der Waals surface area (Å²) in [6, 6.07) is 1.28. The summed E-state index contributed by atoms with van der Waals surface area (Å²) >= 11 is 0. The van der Waals surface area contributed by atoms with E-state index < -0.39 is 0 Å². The number of aryl methyl sites for hydroxylation is 1. The number of ether oxygens (including phenoxy) is 1. The summed E-state index contributed by atoms with van der Waals surface area (Å²) in [5.74, 6) is -0.388. The SMILES string of the molecule is COCC(N)CCNC(=O)c1c[nH]c(C)cc1=O. The lowest BCUT2D eigenvalue weighted by Gasteiger charge is -2.10. The molecule has 1 rings (SSSR count). The number of H-pyrrole nitrogens is 1. The highest BCUT2D eigenvalue weighted by Crippen LogP contribution is 1.93. The first-order valence-electron chi connectivity index (χ1n) is 5.76. The van der Waals surface area contributed by atoms with E-state index in [0.717, 1.165) is 5.69 Å². The maximum atomic E-state index is 11.7. The summed E-state index contributed by atoms with van der Waals surface area (Å²) in [6.07, 6.45) is 2.02. The van der Waals surface area contributed by atoms with Gasteiger partial charge in [0.2, 0.25) is 0 Å². The Bertz CT molecular complexity index is 456. The Morgan fingerprint density at radius 2 is 2.33 bits per heavy atom. The number of hydrogen-bond acceptors (Lipinski definition) is 4. The van der Waals surface area contributed by atoms with E-state index in [0.29, 0.717) is 19.6 Å². The fraction of sp³-hybridized carbons (Fsp3) is 0.500. The molecule has 4 N–H and O–H groups in total. The molecule has 100 valence electrons. The number of hydrogen-bond donors (Lipinski definition) is 3. The normalized spacial score (nSPS) is 12.2. The van der Waals surface area contributed by atoms with Crippen molar-refractivity contribution in [2.24, 2.45) is 5.73 Å². The molecule has 0 aliphatic carbocycles. The lowest BCUT2D eigenvalue weighted by molar-refractivity contribution is 0.0948. The van der Waals surface area contributed by atoms with Crippen LogP contribution in [0.25, 0.3) is 0 Å². The molecule has 1 aromatic rings. The second kappa shape index (κ2) is 6.93. The van der Waals surface area contributed by atoms with E-state index in [4.69, 9.17) is 10.5 Å². The fourth-order valence-electron chi connectivity index (χ4n) is 1.51. The highest BCUT2D eigenvalue weighted by Gasteiger charge is 2.10. The van der Waals surface area contributed by atoms with Crippen LogP contribution in [0.4, 0.5) is 0 Å². The highest BCUT2D eigenvalue weighted by molar-refractivity contribution is 5.93. The van der Waals surface area contributed by atoms with Gasteiger partial charge in [-0.3, -0.25) is 9.59 Å². The summed E-state index contributed by atoms with van der Waals surface area (Å²) in [6.45, 7) is 2.62. The van der Waals surface area contributed by atoms with Crippen LogP contribution in [0.15, 0.2) is 17.1 Å². The van der Waals surface area contributed by atoms with Gasteiger partial charge in [0.05, 0.1) is 6.61 Å². The van der Waals surface area contributed by atoms with Gasteiger partial charge in [-0.05, 0) is 13.3 Å². The van der Waals surface area contributed by atoms with E-state index in [2.05, 4.69) is 10.3 Å². The molecule has 0 saturated heterocycles. The molecular weight excluding hydrogens is 234 g/mol. The molecule has 0 spiro atoms. The smallest absolute Gasteiger partial charge is 0.256 e. The predicted octanol–water partition coefficient (Wildman–Crippen LogP) is -0.223. The lowest BCUT2D eigenvalue weighted by Crippen LogP contribution is -2.34. The first-order chi connectivity index (χ1) is 8.54. The minimum Gasteiger partial charge on any atom is -0.383 e. The molecule has 0 fully saturated rings. The maximum absolute atomic E-state index is 11.7. The molecular formula is C12H19N3O3. The number of carbonyl (C=O) groups excluding carboxylic acids is 1. The molecule has 0 saturated carbocycles. The second-order valence-electron chi connectivity index (χ2n) is 4.15. The molecule has 6 nitrogen and oxygen atoms in total. The number of nitrogens with one attached hydrogen (secondary N) is 2. The standard InChI is InChI=1S/C12H19N3O3/c1-8-5-11(16)10(6-15-8)12(17)14-4-3-9(13)7-18-2/h5-6,9H,3-4,7,13H2,1-2H3,(H,14,17)(H,15,16). The van der Waals surface area contributed by atoms with Crippen LogP contribution in [0.5, 0.6) is 0 Å². The number of aromatic nitrogens is 1. The van der Waals surface area contributed by atoms with Gasteiger partial charge in [0.15, 0.2) is 5.43 Å². The van der Waals surface area contributed by atoms with Gasteiger partial charge in [-0.1, -0.05) is 0 Å². The van der Waals surface area contributed by atoms with E-state index in [-0.39, 0.29) is 22.9 Å². The Morgan fingerprint density at radius 3 is 2.94 bits per heavy atom. The first-order valence-corrected chi connectivity index (χ1v) is 5.76. The maximum Gasteiger partial charge on any atom is 0.256 e. The number of rotatable bonds is 6. The third-order valence-electron chi connectivity index (χ3n) is 2.48. The second-order valence-corrected chi connectivity index (χ2v) is 4.15. The number of nitrogens with two attached hydrogens (primary N) is 1. The monoisotopic (exact) mass is 253 g/mol. The van der Waals surface area contributed by atoms with Crippen LogP contribution < -0.4 is 16.5 Å². The molecule has 1 unspecified atom stereocenters. The van der Waals surface area contributed by atoms with Gasteiger partial charge in [0.1, 0.15) is 5.56 Å². The van der Waals surface area contributed by atoms with Gasteiger partial charge in [-0.2, -0.15) is 0 Å². The lowest BCUT2D eigenvalue weighted by atomic mass is 10.2. The summed E-state index contributed by atoms with van der Waals surface area (Å²) in [5, 5.41) is 2.65. The predicted molar refractivity (Wildman–Crippen MR) is 68.6 cm³/mol. The molecule has 1 atom stereocenters. The van der Waals surface area contributed by atoms with Gasteiger partial charge in [-0.25, -0.2) is 0 Å². The van der Waals surface area contributed by atoms with Crippen molar-refractivity contribution in [2.45, 2.75) is 19.4 Å². The van der Waals surface area contributed by atoms with Crippen molar-refractivity contribution in [3.05, 3.63) is 33.7 Å². The molecule has 0 radical (unpaired) electrons. The van der Waals surface area contributed by atoms with Crippen molar-refractivity contribution >= 4 is 5.91 Å². The number of amides is 1. The number of methoxy groups -OCH3 is 1. The largest absolute Gasteiger partial charge is 0.383 e. The van der Waals surface area contributed by atoms with Gasteiger partial charge in [0.25, 0.3) is 5.91 Å². The summed E-state index contributed by atoms with van der Waals surface area (Å²) in [7, 11) is 1.57. The minimum atomic E-state index is -0.388. The van der Waals surface area contributed by atoms with Crippen molar-refractivity contribution in [2.75, 3.05) is 20.3 Å². The van der Waals surface area contributed by atoms with E-state index in [1.165, 1.54) is 12.3 Å². The zero-order chi connectivity index (χ0) is 13.5. The van der Waals surface area contributed by atoms with Crippen molar-refractivity contribution in [3.8, 4) is 0 Å². The van der Waals surface area contributed by atoms with Gasteiger partial charge in [0, 0.05) is 37.7 Å². The van der Waals surface area contributed by atoms with E-state index >= 15 is 0 Å². The average Bonchev–Trinajstić information content (AvgIpc) is 2.29. The molecule has 0 aromatic carbocycles. The van der Waals surface area contributed by atoms with Crippen molar-refractivity contribution in [1.29, 1.82) is 0 Å². The van der Waals surface area contributed by atoms with E-state index in [9.17, 15) is 9.59 Å². The molecule has 6 heteroatoms. The zero-order valence-corrected chi connectivity index (χ0v) is 10.7. The van der Waals surface area contributed by atoms with E-state index in [1.54, 1.807) is 14.0 Å². The van der Waals surface area contributed by atoms with E-state index in [1.807, 2.05) is 0 Å². The Balaban J connectivity index is 2.48. The first kappa shape index (κ1) is 14.4. The summed E-state index contributed by atoms with van der Waals surface area (Å²) in [4.78, 5) is 26.1. The van der Waals surface area contributed by atoms with Crippen LogP contribution in [0, 0.1) is 6.92 Å². The van der Waals surface area contributed by atoms with Crippen molar-refractivity contribution in [3.63, 3.8) is 0 Å². The molecule has 1 aromatic heterocycles. The Morgan fingerprint density at radius 1 is 1.61 bits per heavy atom. The fourth-order valence-corrected chi connectivity index (χ4v) is 1.51. The van der Waals surface area contributed by atoms with Crippen molar-refractivity contribution in [1.82, 2.24) is 10.3 Å². The topological polar surface area (TPSA) is 97.2 Å². The minimum absolute atomic E-state index is 0.112. The average molecular weight is 253 g/mol. The summed E-state index contributed by atoms with van der Waals surface area (Å²) < 4.78 is 4.89. The number of pyridine rings is 1. The molecule has 0 aliphatic rings. The quantitative estimate of drug-likeness (QED) is 0.652. The molecule has 1 amide bonds. The Kier molecular flexibility index (Phi) is 5.54. The van der Waals surface area contributed by atoms with Crippen LogP contribution >= 0.6 is 0 Å². The highest BCUT2D eigenvalue weighted by atomic mass is 16.5. The number of carbonyl (C=O) groups is 1. The van der Waals surface area contributed by atoms with Gasteiger partial charge in [-0.15, -0.1) is 0 Å².